The van der Waals surface area contributed by atoms with Crippen molar-refractivity contribution in [3.05, 3.63) is 101 Å². The topological polar surface area (TPSA) is 33.6 Å². The Morgan fingerprint density at radius 2 is 1.97 bits per heavy atom. The molecule has 1 heterocycles. The van der Waals surface area contributed by atoms with Crippen LogP contribution in [0.2, 0.25) is 5.02 Å². The van der Waals surface area contributed by atoms with E-state index in [1.807, 2.05) is 12.1 Å². The molecule has 0 radical (unpaired) electrons. The van der Waals surface area contributed by atoms with Crippen LogP contribution in [0.15, 0.2) is 83.9 Å². The molecule has 3 aromatic rings. The molecule has 3 nitrogen and oxygen atoms in total. The van der Waals surface area contributed by atoms with Gasteiger partial charge in [0, 0.05) is 28.4 Å². The fourth-order valence-corrected chi connectivity index (χ4v) is 4.84. The number of para-hydroxylation sites is 1. The second kappa shape index (κ2) is 8.94. The van der Waals surface area contributed by atoms with Gasteiger partial charge < -0.3 is 10.1 Å². The van der Waals surface area contributed by atoms with E-state index in [0.29, 0.717) is 22.6 Å². The summed E-state index contributed by atoms with van der Waals surface area (Å²) in [6.45, 7) is 0.200. The SMILES string of the molecule is C#CCOc1ccc(Cl)cc1C=Nc1ccc([C@@H]2Nc3ccccc3[C@@H]3C=CC[C@H]32)cc1. The van der Waals surface area contributed by atoms with Crippen LogP contribution in [-0.4, -0.2) is 12.8 Å². The summed E-state index contributed by atoms with van der Waals surface area (Å²) in [5.41, 5.74) is 5.56. The van der Waals surface area contributed by atoms with Gasteiger partial charge in [0.1, 0.15) is 12.4 Å². The minimum absolute atomic E-state index is 0.200. The van der Waals surface area contributed by atoms with Crippen molar-refractivity contribution in [3.8, 4) is 18.1 Å². The van der Waals surface area contributed by atoms with Crippen LogP contribution < -0.4 is 10.1 Å². The number of halogens is 1. The number of anilines is 1. The third kappa shape index (κ3) is 4.02. The lowest BCUT2D eigenvalue weighted by Crippen LogP contribution is -2.28. The lowest BCUT2D eigenvalue weighted by atomic mass is 9.77. The van der Waals surface area contributed by atoms with Crippen LogP contribution in [0.5, 0.6) is 5.75 Å². The molecule has 1 aliphatic carbocycles. The van der Waals surface area contributed by atoms with Gasteiger partial charge in [-0.1, -0.05) is 60.0 Å². The number of hydrogen-bond donors (Lipinski definition) is 1. The standard InChI is InChI=1S/C28H23ClN2O/c1-2-16-32-27-15-12-21(29)17-20(27)18-30-22-13-10-19(11-14-22)28-25-8-5-7-23(25)24-6-3-4-9-26(24)31-28/h1,3-7,9-15,17-18,23,25,28,31H,8,16H2/t23-,25+,28-/m0/s1. The van der Waals surface area contributed by atoms with Gasteiger partial charge in [0.25, 0.3) is 0 Å². The van der Waals surface area contributed by atoms with Crippen molar-refractivity contribution in [2.75, 3.05) is 11.9 Å². The van der Waals surface area contributed by atoms with Gasteiger partial charge in [-0.3, -0.25) is 4.99 Å². The molecule has 3 aromatic carbocycles. The van der Waals surface area contributed by atoms with Crippen LogP contribution >= 0.6 is 11.6 Å². The fourth-order valence-electron chi connectivity index (χ4n) is 4.66. The smallest absolute Gasteiger partial charge is 0.148 e. The number of fused-ring (bicyclic) bond motifs is 3. The minimum Gasteiger partial charge on any atom is -0.480 e. The quantitative estimate of drug-likeness (QED) is 0.266. The number of terminal acetylenes is 1. The van der Waals surface area contributed by atoms with Crippen molar-refractivity contribution >= 4 is 29.2 Å². The van der Waals surface area contributed by atoms with Crippen LogP contribution in [0.1, 0.15) is 35.1 Å². The molecule has 0 amide bonds. The first-order valence-corrected chi connectivity index (χ1v) is 11.1. The first kappa shape index (κ1) is 20.4. The number of nitrogens with one attached hydrogen (secondary N) is 1. The van der Waals surface area contributed by atoms with Gasteiger partial charge in [0.15, 0.2) is 0 Å². The molecule has 0 fully saturated rings. The summed E-state index contributed by atoms with van der Waals surface area (Å²) in [7, 11) is 0. The summed E-state index contributed by atoms with van der Waals surface area (Å²) in [6.07, 6.45) is 12.8. The molecule has 1 aliphatic heterocycles. The van der Waals surface area contributed by atoms with Gasteiger partial charge in [-0.2, -0.15) is 0 Å². The monoisotopic (exact) mass is 438 g/mol. The van der Waals surface area contributed by atoms with E-state index < -0.39 is 0 Å². The molecule has 2 aliphatic rings. The Bertz CT molecular complexity index is 1220. The Morgan fingerprint density at radius 3 is 2.81 bits per heavy atom. The molecule has 0 aromatic heterocycles. The van der Waals surface area contributed by atoms with Crippen LogP contribution in [0.3, 0.4) is 0 Å². The van der Waals surface area contributed by atoms with Crippen molar-refractivity contribution in [2.24, 2.45) is 10.9 Å². The van der Waals surface area contributed by atoms with E-state index in [2.05, 4.69) is 76.9 Å². The van der Waals surface area contributed by atoms with Gasteiger partial charge in [-0.05, 0) is 59.9 Å². The average Bonchev–Trinajstić information content (AvgIpc) is 3.32. The summed E-state index contributed by atoms with van der Waals surface area (Å²) in [4.78, 5) is 4.63. The number of allylic oxidation sites excluding steroid dienone is 2. The molecule has 0 bridgehead atoms. The molecule has 3 atom stereocenters. The van der Waals surface area contributed by atoms with E-state index in [9.17, 15) is 0 Å². The third-order valence-corrected chi connectivity index (χ3v) is 6.39. The predicted molar refractivity (Wildman–Crippen MR) is 132 cm³/mol. The molecular formula is C28H23ClN2O. The number of rotatable bonds is 5. The molecule has 0 saturated heterocycles. The van der Waals surface area contributed by atoms with Crippen LogP contribution in [0, 0.1) is 18.3 Å². The van der Waals surface area contributed by atoms with Gasteiger partial charge in [-0.25, -0.2) is 0 Å². The molecule has 4 heteroatoms. The zero-order chi connectivity index (χ0) is 21.9. The fraction of sp³-hybridized carbons (Fsp3) is 0.179. The highest BCUT2D eigenvalue weighted by Gasteiger charge is 2.37. The van der Waals surface area contributed by atoms with E-state index in [0.717, 1.165) is 17.7 Å². The zero-order valence-corrected chi connectivity index (χ0v) is 18.3. The normalized spacial score (nSPS) is 20.9. The van der Waals surface area contributed by atoms with Crippen LogP contribution in [0.25, 0.3) is 0 Å². The Kier molecular flexibility index (Phi) is 5.71. The number of benzene rings is 3. The van der Waals surface area contributed by atoms with E-state index >= 15 is 0 Å². The summed E-state index contributed by atoms with van der Waals surface area (Å²) >= 11 is 6.15. The molecule has 0 spiro atoms. The van der Waals surface area contributed by atoms with Gasteiger partial charge in [0.05, 0.1) is 11.7 Å². The van der Waals surface area contributed by atoms with Crippen LogP contribution in [0.4, 0.5) is 11.4 Å². The lowest BCUT2D eigenvalue weighted by molar-refractivity contribution is 0.370. The first-order chi connectivity index (χ1) is 15.7. The van der Waals surface area contributed by atoms with Gasteiger partial charge in [0.2, 0.25) is 0 Å². The van der Waals surface area contributed by atoms with E-state index in [1.165, 1.54) is 16.8 Å². The summed E-state index contributed by atoms with van der Waals surface area (Å²) < 4.78 is 5.60. The summed E-state index contributed by atoms with van der Waals surface area (Å²) in [6, 6.07) is 22.8. The molecule has 0 unspecified atom stereocenters. The maximum absolute atomic E-state index is 6.15. The second-order valence-electron chi connectivity index (χ2n) is 8.09. The predicted octanol–water partition coefficient (Wildman–Crippen LogP) is 6.93. The first-order valence-electron chi connectivity index (χ1n) is 10.7. The van der Waals surface area contributed by atoms with E-state index in [4.69, 9.17) is 22.8 Å². The number of aliphatic imine (C=N–C) groups is 1. The Hall–Kier alpha value is -3.48. The lowest BCUT2D eigenvalue weighted by Gasteiger charge is -2.37. The molecule has 5 rings (SSSR count). The maximum atomic E-state index is 6.15. The maximum Gasteiger partial charge on any atom is 0.148 e. The van der Waals surface area contributed by atoms with Crippen molar-refractivity contribution < 1.29 is 4.74 Å². The Balaban J connectivity index is 1.37. The molecule has 32 heavy (non-hydrogen) atoms. The molecule has 0 saturated carbocycles. The van der Waals surface area contributed by atoms with Crippen molar-refractivity contribution in [3.63, 3.8) is 0 Å². The second-order valence-corrected chi connectivity index (χ2v) is 8.52. The molecule has 158 valence electrons. The van der Waals surface area contributed by atoms with Crippen LogP contribution in [-0.2, 0) is 0 Å². The van der Waals surface area contributed by atoms with Crippen molar-refractivity contribution in [1.29, 1.82) is 0 Å². The van der Waals surface area contributed by atoms with Gasteiger partial charge in [-0.15, -0.1) is 6.42 Å². The van der Waals surface area contributed by atoms with E-state index in [-0.39, 0.29) is 12.6 Å². The highest BCUT2D eigenvalue weighted by atomic mass is 35.5. The highest BCUT2D eigenvalue weighted by molar-refractivity contribution is 6.30. The van der Waals surface area contributed by atoms with E-state index in [1.54, 1.807) is 12.3 Å². The number of ether oxygens (including phenoxy) is 1. The van der Waals surface area contributed by atoms with Gasteiger partial charge >= 0.3 is 0 Å². The Labute approximate surface area is 193 Å². The average molecular weight is 439 g/mol. The molecular weight excluding hydrogens is 416 g/mol. The third-order valence-electron chi connectivity index (χ3n) is 6.16. The number of hydrogen-bond acceptors (Lipinski definition) is 3. The highest BCUT2D eigenvalue weighted by Crippen LogP contribution is 2.49. The Morgan fingerprint density at radius 1 is 1.12 bits per heavy atom. The summed E-state index contributed by atoms with van der Waals surface area (Å²) in [5.74, 6) is 4.15. The largest absolute Gasteiger partial charge is 0.480 e. The zero-order valence-electron chi connectivity index (χ0n) is 17.5. The number of nitrogens with zero attached hydrogens (tertiary/aromatic N) is 1. The van der Waals surface area contributed by atoms with Crippen molar-refractivity contribution in [1.82, 2.24) is 0 Å². The minimum atomic E-state index is 0.200. The molecule has 1 N–H and O–H groups in total. The summed E-state index contributed by atoms with van der Waals surface area (Å²) in [5, 5.41) is 4.39. The van der Waals surface area contributed by atoms with Crippen molar-refractivity contribution in [2.45, 2.75) is 18.4 Å².